The molecule has 0 saturated heterocycles. The van der Waals surface area contributed by atoms with Gasteiger partial charge in [0.25, 0.3) is 0 Å². The monoisotopic (exact) mass is 388 g/mol. The number of nitrogens with one attached hydrogen (secondary N) is 1. The average Bonchev–Trinajstić information content (AvgIpc) is 2.65. The fourth-order valence-corrected chi connectivity index (χ4v) is 2.66. The second kappa shape index (κ2) is 9.76. The average molecular weight is 389 g/mol. The summed E-state index contributed by atoms with van der Waals surface area (Å²) in [5, 5.41) is 13.4. The highest BCUT2D eigenvalue weighted by molar-refractivity contribution is 8.02. The Morgan fingerprint density at radius 1 is 1.15 bits per heavy atom. The van der Waals surface area contributed by atoms with Crippen molar-refractivity contribution in [1.82, 2.24) is 0 Å². The molecule has 7 heteroatoms. The molecule has 0 aliphatic carbocycles. The molecule has 0 aliphatic rings. The molecule has 0 fully saturated rings. The van der Waals surface area contributed by atoms with E-state index in [0.29, 0.717) is 21.6 Å². The topological polar surface area (TPSA) is 71.4 Å². The molecule has 1 N–H and O–H groups in total. The van der Waals surface area contributed by atoms with Gasteiger partial charge >= 0.3 is 5.97 Å². The zero-order valence-electron chi connectivity index (χ0n) is 14.3. The van der Waals surface area contributed by atoms with Gasteiger partial charge in [-0.2, -0.15) is 5.26 Å². The van der Waals surface area contributed by atoms with E-state index in [2.05, 4.69) is 5.32 Å². The lowest BCUT2D eigenvalue weighted by atomic mass is 10.2. The molecule has 0 bridgehead atoms. The summed E-state index contributed by atoms with van der Waals surface area (Å²) in [5.41, 5.74) is 0.663. The van der Waals surface area contributed by atoms with Crippen LogP contribution in [0.4, 0.5) is 5.69 Å². The first kappa shape index (κ1) is 19.7. The number of hydrogen-bond acceptors (Lipinski definition) is 6. The normalized spacial score (nSPS) is 11.2. The Bertz CT molecular complexity index is 827. The minimum absolute atomic E-state index is 0.0548. The van der Waals surface area contributed by atoms with Crippen molar-refractivity contribution in [2.24, 2.45) is 0 Å². The summed E-state index contributed by atoms with van der Waals surface area (Å²) in [6.45, 7) is 1.90. The lowest BCUT2D eigenvalue weighted by molar-refractivity contribution is -0.138. The van der Waals surface area contributed by atoms with Crippen LogP contribution in [0.15, 0.2) is 59.1 Å². The molecule has 0 aliphatic heterocycles. The summed E-state index contributed by atoms with van der Waals surface area (Å²) < 4.78 is 10.6. The van der Waals surface area contributed by atoms with E-state index < -0.39 is 5.97 Å². The molecule has 0 saturated carbocycles. The van der Waals surface area contributed by atoms with Crippen LogP contribution in [0.25, 0.3) is 0 Å². The maximum atomic E-state index is 11.9. The number of halogens is 1. The summed E-state index contributed by atoms with van der Waals surface area (Å²) >= 11 is 7.11. The second-order valence-corrected chi connectivity index (χ2v) is 6.20. The summed E-state index contributed by atoms with van der Waals surface area (Å²) in [6.07, 6.45) is 1.77. The van der Waals surface area contributed by atoms with Crippen molar-refractivity contribution >= 4 is 35.0 Å². The van der Waals surface area contributed by atoms with Gasteiger partial charge in [-0.05, 0) is 61.7 Å². The highest BCUT2D eigenvalue weighted by atomic mass is 35.5. The molecule has 0 aromatic heterocycles. The number of hydrogen-bond donors (Lipinski definition) is 1. The van der Waals surface area contributed by atoms with Gasteiger partial charge in [-0.15, -0.1) is 11.8 Å². The van der Waals surface area contributed by atoms with Gasteiger partial charge in [0, 0.05) is 10.7 Å². The number of thioether (sulfide) groups is 1. The number of nitrogens with zero attached hydrogens (tertiary/aromatic N) is 1. The molecule has 2 rings (SSSR count). The quantitative estimate of drug-likeness (QED) is 0.399. The SMILES string of the molecule is CCOC(=O)/C(C#N)=C(\Nc1ccc(Oc2ccc(Cl)cc2)cc1)SC. The van der Waals surface area contributed by atoms with E-state index in [1.54, 1.807) is 61.7 Å². The predicted molar refractivity (Wildman–Crippen MR) is 104 cm³/mol. The van der Waals surface area contributed by atoms with Crippen molar-refractivity contribution in [1.29, 1.82) is 5.26 Å². The van der Waals surface area contributed by atoms with Crippen LogP contribution in [0.3, 0.4) is 0 Å². The zero-order valence-corrected chi connectivity index (χ0v) is 15.9. The largest absolute Gasteiger partial charge is 0.462 e. The van der Waals surface area contributed by atoms with Crippen molar-refractivity contribution < 1.29 is 14.3 Å². The predicted octanol–water partition coefficient (Wildman–Crippen LogP) is 5.21. The molecule has 26 heavy (non-hydrogen) atoms. The van der Waals surface area contributed by atoms with Gasteiger partial charge in [0.05, 0.1) is 11.6 Å². The Kier molecular flexibility index (Phi) is 7.39. The standard InChI is InChI=1S/C19H17ClN2O3S/c1-3-24-19(23)17(12-21)18(26-2)22-14-6-10-16(11-7-14)25-15-8-4-13(20)5-9-15/h4-11,22H,3H2,1-2H3/b18-17+. The smallest absolute Gasteiger partial charge is 0.351 e. The Hall–Kier alpha value is -2.62. The van der Waals surface area contributed by atoms with E-state index in [4.69, 9.17) is 21.1 Å². The van der Waals surface area contributed by atoms with Gasteiger partial charge in [-0.25, -0.2) is 4.79 Å². The maximum Gasteiger partial charge on any atom is 0.351 e. The number of anilines is 1. The first-order valence-corrected chi connectivity index (χ1v) is 9.33. The van der Waals surface area contributed by atoms with Crippen LogP contribution in [0.5, 0.6) is 11.5 Å². The number of carbonyl (C=O) groups excluding carboxylic acids is 1. The Labute approximate surface area is 161 Å². The third-order valence-corrected chi connectivity index (χ3v) is 4.15. The lowest BCUT2D eigenvalue weighted by Crippen LogP contribution is -2.11. The number of ether oxygens (including phenoxy) is 2. The molecular weight excluding hydrogens is 372 g/mol. The highest BCUT2D eigenvalue weighted by Crippen LogP contribution is 2.26. The first-order valence-electron chi connectivity index (χ1n) is 7.73. The number of esters is 1. The van der Waals surface area contributed by atoms with Crippen LogP contribution >= 0.6 is 23.4 Å². The minimum Gasteiger partial charge on any atom is -0.462 e. The zero-order chi connectivity index (χ0) is 18.9. The van der Waals surface area contributed by atoms with Crippen LogP contribution in [0.2, 0.25) is 5.02 Å². The van der Waals surface area contributed by atoms with Gasteiger partial charge in [0.2, 0.25) is 0 Å². The summed E-state index contributed by atoms with van der Waals surface area (Å²) in [6, 6.07) is 16.1. The van der Waals surface area contributed by atoms with Gasteiger partial charge in [0.1, 0.15) is 17.6 Å². The highest BCUT2D eigenvalue weighted by Gasteiger charge is 2.16. The van der Waals surface area contributed by atoms with E-state index in [1.165, 1.54) is 11.8 Å². The number of benzene rings is 2. The van der Waals surface area contributed by atoms with Gasteiger partial charge in [-0.3, -0.25) is 0 Å². The number of carbonyl (C=O) groups is 1. The van der Waals surface area contributed by atoms with Gasteiger partial charge in [-0.1, -0.05) is 11.6 Å². The van der Waals surface area contributed by atoms with Gasteiger partial charge < -0.3 is 14.8 Å². The van der Waals surface area contributed by atoms with E-state index >= 15 is 0 Å². The molecule has 0 atom stereocenters. The maximum absolute atomic E-state index is 11.9. The van der Waals surface area contributed by atoms with E-state index in [-0.39, 0.29) is 12.2 Å². The van der Waals surface area contributed by atoms with Crippen LogP contribution < -0.4 is 10.1 Å². The number of rotatable bonds is 7. The molecule has 0 spiro atoms. The van der Waals surface area contributed by atoms with Crippen molar-refractivity contribution in [3.8, 4) is 17.6 Å². The molecule has 134 valence electrons. The van der Waals surface area contributed by atoms with Crippen molar-refractivity contribution in [2.45, 2.75) is 6.92 Å². The number of nitriles is 1. The van der Waals surface area contributed by atoms with Crippen molar-refractivity contribution in [3.63, 3.8) is 0 Å². The molecule has 0 heterocycles. The molecule has 0 amide bonds. The molecule has 0 radical (unpaired) electrons. The third-order valence-electron chi connectivity index (χ3n) is 3.18. The third kappa shape index (κ3) is 5.45. The fraction of sp³-hybridized carbons (Fsp3) is 0.158. The van der Waals surface area contributed by atoms with E-state index in [9.17, 15) is 10.1 Å². The summed E-state index contributed by atoms with van der Waals surface area (Å²) in [7, 11) is 0. The van der Waals surface area contributed by atoms with Crippen molar-refractivity contribution in [2.75, 3.05) is 18.2 Å². The van der Waals surface area contributed by atoms with Gasteiger partial charge in [0.15, 0.2) is 5.57 Å². The Morgan fingerprint density at radius 2 is 1.73 bits per heavy atom. The fourth-order valence-electron chi connectivity index (χ4n) is 1.98. The van der Waals surface area contributed by atoms with Crippen LogP contribution in [0, 0.1) is 11.3 Å². The van der Waals surface area contributed by atoms with Crippen LogP contribution in [-0.4, -0.2) is 18.8 Å². The summed E-state index contributed by atoms with van der Waals surface area (Å²) in [5.74, 6) is 0.682. The Balaban J connectivity index is 2.12. The van der Waals surface area contributed by atoms with E-state index in [1.807, 2.05) is 6.07 Å². The molecule has 5 nitrogen and oxygen atoms in total. The molecular formula is C19H17ClN2O3S. The lowest BCUT2D eigenvalue weighted by Gasteiger charge is -2.12. The first-order chi connectivity index (χ1) is 12.6. The second-order valence-electron chi connectivity index (χ2n) is 4.95. The Morgan fingerprint density at radius 3 is 2.23 bits per heavy atom. The molecule has 2 aromatic carbocycles. The minimum atomic E-state index is -0.644. The van der Waals surface area contributed by atoms with Crippen LogP contribution in [0.1, 0.15) is 6.92 Å². The van der Waals surface area contributed by atoms with Crippen molar-refractivity contribution in [3.05, 3.63) is 64.2 Å². The summed E-state index contributed by atoms with van der Waals surface area (Å²) in [4.78, 5) is 11.9. The molecule has 0 unspecified atom stereocenters. The van der Waals surface area contributed by atoms with Crippen LogP contribution in [-0.2, 0) is 9.53 Å². The molecule has 2 aromatic rings. The van der Waals surface area contributed by atoms with E-state index in [0.717, 1.165) is 5.69 Å².